The molecule has 0 aromatic rings. The average molecular weight is 217 g/mol. The Morgan fingerprint density at radius 1 is 0.818 bits per heavy atom. The Balaban J connectivity index is -0.000000320. The van der Waals surface area contributed by atoms with Crippen LogP contribution >= 0.6 is 24.8 Å². The minimum absolute atomic E-state index is 0. The molecule has 0 aliphatic rings. The zero-order valence-electron chi connectivity index (χ0n) is 8.09. The lowest BCUT2D eigenvalue weighted by Crippen LogP contribution is -1.99. The molecule has 0 radical (unpaired) electrons. The molecule has 0 N–H and O–H groups in total. The molecule has 0 bridgehead atoms. The summed E-state index contributed by atoms with van der Waals surface area (Å²) in [4.78, 5) is 0. The fourth-order valence-electron chi connectivity index (χ4n) is 0.934. The molecule has 72 valence electrons. The fraction of sp³-hybridized carbons (Fsp3) is 1.00. The van der Waals surface area contributed by atoms with Gasteiger partial charge < -0.3 is 0 Å². The number of rotatable bonds is 4. The summed E-state index contributed by atoms with van der Waals surface area (Å²) in [6, 6.07) is 3.08. The van der Waals surface area contributed by atoms with E-state index < -0.39 is 0 Å². The van der Waals surface area contributed by atoms with Gasteiger partial charge in [-0.3, -0.25) is 0 Å². The Hall–Kier alpha value is 0.797. The van der Waals surface area contributed by atoms with Gasteiger partial charge >= 0.3 is 0 Å². The first-order valence-corrected chi connectivity index (χ1v) is 6.13. The smallest absolute Gasteiger partial charge is 0.0202 e. The first-order valence-electron chi connectivity index (χ1n) is 4.13. The van der Waals surface area contributed by atoms with Crippen molar-refractivity contribution in [3.63, 3.8) is 0 Å². The SMILES string of the molecule is CC(C)C[SiH2]CC(C)C.Cl.Cl. The van der Waals surface area contributed by atoms with E-state index in [-0.39, 0.29) is 24.8 Å². The molecule has 0 saturated heterocycles. The van der Waals surface area contributed by atoms with Crippen LogP contribution in [0.5, 0.6) is 0 Å². The normalized spacial score (nSPS) is 9.27. The summed E-state index contributed by atoms with van der Waals surface area (Å²) in [6.45, 7) is 9.31. The maximum atomic E-state index is 2.33. The van der Waals surface area contributed by atoms with Crippen LogP contribution in [-0.2, 0) is 0 Å². The summed E-state index contributed by atoms with van der Waals surface area (Å²) < 4.78 is 0. The van der Waals surface area contributed by atoms with Gasteiger partial charge in [-0.1, -0.05) is 51.6 Å². The third-order valence-corrected chi connectivity index (χ3v) is 4.69. The number of halogens is 2. The highest BCUT2D eigenvalue weighted by Crippen LogP contribution is 2.05. The van der Waals surface area contributed by atoms with E-state index in [0.717, 1.165) is 11.8 Å². The van der Waals surface area contributed by atoms with Crippen molar-refractivity contribution in [2.75, 3.05) is 0 Å². The van der Waals surface area contributed by atoms with E-state index in [2.05, 4.69) is 27.7 Å². The van der Waals surface area contributed by atoms with Crippen LogP contribution in [-0.4, -0.2) is 9.52 Å². The molecule has 3 heteroatoms. The predicted octanol–water partition coefficient (Wildman–Crippen LogP) is 3.15. The van der Waals surface area contributed by atoms with E-state index in [4.69, 9.17) is 0 Å². The summed E-state index contributed by atoms with van der Waals surface area (Å²) in [5, 5.41) is 0. The Kier molecular flexibility index (Phi) is 17.4. The first-order chi connectivity index (χ1) is 4.13. The second-order valence-corrected chi connectivity index (χ2v) is 5.58. The molecule has 0 heterocycles. The van der Waals surface area contributed by atoms with Crippen molar-refractivity contribution in [3.05, 3.63) is 0 Å². The summed E-state index contributed by atoms with van der Waals surface area (Å²) in [7, 11) is 0.316. The van der Waals surface area contributed by atoms with Crippen molar-refractivity contribution in [2.45, 2.75) is 39.8 Å². The second kappa shape index (κ2) is 10.8. The van der Waals surface area contributed by atoms with Gasteiger partial charge in [-0.2, -0.15) is 0 Å². The van der Waals surface area contributed by atoms with Crippen LogP contribution in [0.4, 0.5) is 0 Å². The van der Waals surface area contributed by atoms with Crippen molar-refractivity contribution >= 4 is 34.3 Å². The summed E-state index contributed by atoms with van der Waals surface area (Å²) >= 11 is 0. The van der Waals surface area contributed by atoms with Crippen LogP contribution in [0.25, 0.3) is 0 Å². The topological polar surface area (TPSA) is 0 Å². The van der Waals surface area contributed by atoms with Crippen LogP contribution in [0.2, 0.25) is 12.1 Å². The van der Waals surface area contributed by atoms with Crippen LogP contribution < -0.4 is 0 Å². The minimum Gasteiger partial charge on any atom is -0.147 e. The molecule has 11 heavy (non-hydrogen) atoms. The van der Waals surface area contributed by atoms with Gasteiger partial charge in [-0.05, 0) is 0 Å². The van der Waals surface area contributed by atoms with Crippen LogP contribution in [0.3, 0.4) is 0 Å². The van der Waals surface area contributed by atoms with Crippen molar-refractivity contribution < 1.29 is 0 Å². The molecule has 0 unspecified atom stereocenters. The molecular formula is C8H22Cl2Si. The molecule has 0 amide bonds. The zero-order chi connectivity index (χ0) is 7.28. The Labute approximate surface area is 86.2 Å². The van der Waals surface area contributed by atoms with Gasteiger partial charge in [0.25, 0.3) is 0 Å². The van der Waals surface area contributed by atoms with E-state index in [0.29, 0.717) is 9.52 Å². The second-order valence-electron chi connectivity index (χ2n) is 3.72. The van der Waals surface area contributed by atoms with Gasteiger partial charge in [0.15, 0.2) is 0 Å². The maximum absolute atomic E-state index is 2.33. The number of hydrogen-bond acceptors (Lipinski definition) is 0. The largest absolute Gasteiger partial charge is 0.147 e. The molecule has 0 saturated carbocycles. The molecular weight excluding hydrogens is 195 g/mol. The van der Waals surface area contributed by atoms with Gasteiger partial charge in [0.1, 0.15) is 0 Å². The lowest BCUT2D eigenvalue weighted by Gasteiger charge is -2.04. The van der Waals surface area contributed by atoms with E-state index >= 15 is 0 Å². The van der Waals surface area contributed by atoms with Crippen molar-refractivity contribution in [1.29, 1.82) is 0 Å². The van der Waals surface area contributed by atoms with Gasteiger partial charge in [0.2, 0.25) is 0 Å². The number of hydrogen-bond donors (Lipinski definition) is 0. The Bertz CT molecular complexity index is 57.1. The molecule has 0 aromatic carbocycles. The average Bonchev–Trinajstić information content (AvgIpc) is 1.63. The standard InChI is InChI=1S/C8H20Si.2ClH/c1-7(2)5-9-6-8(3)4;;/h7-8H,5-6,9H2,1-4H3;2*1H. The molecule has 0 aliphatic heterocycles. The third kappa shape index (κ3) is 18.1. The summed E-state index contributed by atoms with van der Waals surface area (Å²) in [6.07, 6.45) is 0. The molecule has 0 rings (SSSR count). The predicted molar refractivity (Wildman–Crippen MR) is 62.3 cm³/mol. The van der Waals surface area contributed by atoms with Gasteiger partial charge in [-0.25, -0.2) is 0 Å². The Morgan fingerprint density at radius 2 is 1.09 bits per heavy atom. The lowest BCUT2D eigenvalue weighted by molar-refractivity contribution is 0.700. The molecule has 0 spiro atoms. The summed E-state index contributed by atoms with van der Waals surface area (Å²) in [5.74, 6) is 1.91. The maximum Gasteiger partial charge on any atom is 0.0202 e. The monoisotopic (exact) mass is 216 g/mol. The molecule has 0 aliphatic carbocycles. The van der Waals surface area contributed by atoms with Crippen LogP contribution in [0, 0.1) is 11.8 Å². The van der Waals surface area contributed by atoms with Crippen molar-refractivity contribution in [1.82, 2.24) is 0 Å². The van der Waals surface area contributed by atoms with E-state index in [1.807, 2.05) is 0 Å². The van der Waals surface area contributed by atoms with Crippen molar-refractivity contribution in [3.8, 4) is 0 Å². The molecule has 0 nitrogen and oxygen atoms in total. The molecule has 0 atom stereocenters. The zero-order valence-corrected chi connectivity index (χ0v) is 11.1. The molecule has 0 fully saturated rings. The van der Waals surface area contributed by atoms with Crippen molar-refractivity contribution in [2.24, 2.45) is 11.8 Å². The quantitative estimate of drug-likeness (QED) is 0.634. The van der Waals surface area contributed by atoms with Crippen LogP contribution in [0.15, 0.2) is 0 Å². The van der Waals surface area contributed by atoms with Crippen LogP contribution in [0.1, 0.15) is 27.7 Å². The molecule has 0 aromatic heterocycles. The van der Waals surface area contributed by atoms with E-state index in [1.54, 1.807) is 0 Å². The van der Waals surface area contributed by atoms with E-state index in [9.17, 15) is 0 Å². The minimum atomic E-state index is 0. The highest BCUT2D eigenvalue weighted by atomic mass is 35.5. The third-order valence-electron chi connectivity index (χ3n) is 1.56. The van der Waals surface area contributed by atoms with Gasteiger partial charge in [0, 0.05) is 9.52 Å². The highest BCUT2D eigenvalue weighted by molar-refractivity contribution is 6.35. The van der Waals surface area contributed by atoms with Gasteiger partial charge in [0.05, 0.1) is 0 Å². The lowest BCUT2D eigenvalue weighted by atomic mass is 10.3. The Morgan fingerprint density at radius 3 is 1.27 bits per heavy atom. The fourth-order valence-corrected chi connectivity index (χ4v) is 2.80. The van der Waals surface area contributed by atoms with Gasteiger partial charge in [-0.15, -0.1) is 24.8 Å². The highest BCUT2D eigenvalue weighted by Gasteiger charge is 1.96. The summed E-state index contributed by atoms with van der Waals surface area (Å²) in [5.41, 5.74) is 0. The van der Waals surface area contributed by atoms with E-state index in [1.165, 1.54) is 12.1 Å². The first kappa shape index (κ1) is 17.8.